The first-order valence-corrected chi connectivity index (χ1v) is 11.2. The topological polar surface area (TPSA) is 80.1 Å². The van der Waals surface area contributed by atoms with Gasteiger partial charge in [-0.1, -0.05) is 0 Å². The number of hydrogen-bond acceptors (Lipinski definition) is 5. The van der Waals surface area contributed by atoms with E-state index in [1.54, 1.807) is 23.7 Å². The van der Waals surface area contributed by atoms with Gasteiger partial charge in [-0.2, -0.15) is 4.31 Å². The van der Waals surface area contributed by atoms with Gasteiger partial charge in [-0.3, -0.25) is 4.98 Å². The van der Waals surface area contributed by atoms with Gasteiger partial charge in [0.15, 0.2) is 5.03 Å². The molecule has 3 heterocycles. The fraction of sp³-hybridized carbons (Fsp3) is 0.333. The number of hydrogen-bond donors (Lipinski definition) is 1. The van der Waals surface area contributed by atoms with Crippen molar-refractivity contribution in [2.45, 2.75) is 30.7 Å². The number of benzene rings is 1. The van der Waals surface area contributed by atoms with Gasteiger partial charge in [0.25, 0.3) is 10.0 Å². The molecule has 1 N–H and O–H groups in total. The van der Waals surface area contributed by atoms with E-state index in [1.165, 1.54) is 29.0 Å². The molecule has 1 atom stereocenters. The molecule has 7 nitrogen and oxygen atoms in total. The SMILES string of the molecule is Cc1cc(Nc2ccc(F)cc2)cc([C@@H]2CCCN(S(=O)(=O)c3cn(C)cn3)C2)n1. The van der Waals surface area contributed by atoms with Gasteiger partial charge in [0, 0.05) is 55.0 Å². The van der Waals surface area contributed by atoms with Crippen molar-refractivity contribution in [3.63, 3.8) is 0 Å². The van der Waals surface area contributed by atoms with Crippen LogP contribution in [0, 0.1) is 12.7 Å². The summed E-state index contributed by atoms with van der Waals surface area (Å²) in [5.74, 6) is -0.297. The van der Waals surface area contributed by atoms with Crippen molar-refractivity contribution in [1.82, 2.24) is 18.8 Å². The van der Waals surface area contributed by atoms with Crippen LogP contribution in [0.15, 0.2) is 53.9 Å². The summed E-state index contributed by atoms with van der Waals surface area (Å²) in [6.07, 6.45) is 4.63. The van der Waals surface area contributed by atoms with E-state index in [2.05, 4.69) is 15.3 Å². The van der Waals surface area contributed by atoms with E-state index >= 15 is 0 Å². The van der Waals surface area contributed by atoms with Crippen LogP contribution in [0.1, 0.15) is 30.1 Å². The summed E-state index contributed by atoms with van der Waals surface area (Å²) in [4.78, 5) is 8.69. The number of pyridine rings is 1. The highest BCUT2D eigenvalue weighted by molar-refractivity contribution is 7.89. The van der Waals surface area contributed by atoms with Crippen molar-refractivity contribution in [3.05, 3.63) is 66.1 Å². The van der Waals surface area contributed by atoms with Crippen LogP contribution < -0.4 is 5.32 Å². The lowest BCUT2D eigenvalue weighted by Gasteiger charge is -2.31. The van der Waals surface area contributed by atoms with E-state index in [-0.39, 0.29) is 16.8 Å². The zero-order chi connectivity index (χ0) is 21.3. The van der Waals surface area contributed by atoms with Crippen LogP contribution in [0.5, 0.6) is 0 Å². The predicted octanol–water partition coefficient (Wildman–Crippen LogP) is 3.57. The van der Waals surface area contributed by atoms with Crippen molar-refractivity contribution < 1.29 is 12.8 Å². The van der Waals surface area contributed by atoms with Gasteiger partial charge in [-0.15, -0.1) is 0 Å². The molecule has 0 saturated carbocycles. The third-order valence-electron chi connectivity index (χ3n) is 5.19. The summed E-state index contributed by atoms with van der Waals surface area (Å²) in [5, 5.41) is 3.34. The van der Waals surface area contributed by atoms with Gasteiger partial charge < -0.3 is 9.88 Å². The van der Waals surface area contributed by atoms with E-state index in [0.717, 1.165) is 35.6 Å². The molecular weight excluding hydrogens is 405 g/mol. The molecule has 0 bridgehead atoms. The molecule has 4 rings (SSSR count). The Kier molecular flexibility index (Phi) is 5.57. The molecule has 2 aromatic heterocycles. The molecule has 1 aliphatic heterocycles. The zero-order valence-electron chi connectivity index (χ0n) is 16.9. The van der Waals surface area contributed by atoms with Crippen molar-refractivity contribution in [2.24, 2.45) is 7.05 Å². The molecule has 0 spiro atoms. The van der Waals surface area contributed by atoms with Crippen molar-refractivity contribution >= 4 is 21.4 Å². The van der Waals surface area contributed by atoms with Crippen molar-refractivity contribution in [2.75, 3.05) is 18.4 Å². The Morgan fingerprint density at radius 1 is 1.17 bits per heavy atom. The number of piperidine rings is 1. The second-order valence-corrected chi connectivity index (χ2v) is 9.52. The zero-order valence-corrected chi connectivity index (χ0v) is 17.7. The first-order chi connectivity index (χ1) is 14.3. The molecule has 1 saturated heterocycles. The van der Waals surface area contributed by atoms with Gasteiger partial charge in [0.2, 0.25) is 0 Å². The maximum absolute atomic E-state index is 13.2. The number of halogens is 1. The number of rotatable bonds is 5. The lowest BCUT2D eigenvalue weighted by atomic mass is 9.95. The quantitative estimate of drug-likeness (QED) is 0.671. The van der Waals surface area contributed by atoms with Crippen LogP contribution >= 0.6 is 0 Å². The van der Waals surface area contributed by atoms with Crippen molar-refractivity contribution in [1.29, 1.82) is 0 Å². The highest BCUT2D eigenvalue weighted by Gasteiger charge is 2.33. The number of imidazole rings is 1. The van der Waals surface area contributed by atoms with Crippen LogP contribution in [-0.4, -0.2) is 40.3 Å². The molecule has 9 heteroatoms. The Balaban J connectivity index is 1.56. The summed E-state index contributed by atoms with van der Waals surface area (Å²) in [6, 6.07) is 10.0. The Bertz CT molecular complexity index is 1140. The molecule has 30 heavy (non-hydrogen) atoms. The van der Waals surface area contributed by atoms with Gasteiger partial charge >= 0.3 is 0 Å². The summed E-state index contributed by atoms with van der Waals surface area (Å²) in [6.45, 7) is 2.75. The van der Waals surface area contributed by atoms with Gasteiger partial charge in [-0.05, 0) is 56.2 Å². The van der Waals surface area contributed by atoms with E-state index in [0.29, 0.717) is 13.1 Å². The Morgan fingerprint density at radius 2 is 1.93 bits per heavy atom. The molecule has 0 amide bonds. The molecule has 0 radical (unpaired) electrons. The van der Waals surface area contributed by atoms with Crippen LogP contribution in [0.4, 0.5) is 15.8 Å². The lowest BCUT2D eigenvalue weighted by Crippen LogP contribution is -2.39. The van der Waals surface area contributed by atoms with Crippen LogP contribution in [-0.2, 0) is 17.1 Å². The highest BCUT2D eigenvalue weighted by atomic mass is 32.2. The monoisotopic (exact) mass is 429 g/mol. The molecule has 1 aliphatic rings. The van der Waals surface area contributed by atoms with E-state index < -0.39 is 10.0 Å². The fourth-order valence-corrected chi connectivity index (χ4v) is 5.22. The van der Waals surface area contributed by atoms with E-state index in [1.807, 2.05) is 19.1 Å². The number of anilines is 2. The molecule has 3 aromatic rings. The minimum atomic E-state index is -3.63. The molecule has 1 aromatic carbocycles. The molecule has 158 valence electrons. The fourth-order valence-electron chi connectivity index (χ4n) is 3.73. The second kappa shape index (κ2) is 8.16. The minimum absolute atomic E-state index is 0.00842. The third-order valence-corrected chi connectivity index (χ3v) is 6.94. The van der Waals surface area contributed by atoms with E-state index in [4.69, 9.17) is 0 Å². The number of aryl methyl sites for hydroxylation is 2. The van der Waals surface area contributed by atoms with Crippen molar-refractivity contribution in [3.8, 4) is 0 Å². The largest absolute Gasteiger partial charge is 0.355 e. The number of aromatic nitrogens is 3. The average Bonchev–Trinajstić information content (AvgIpc) is 3.17. The number of sulfonamides is 1. The lowest BCUT2D eigenvalue weighted by molar-refractivity contribution is 0.312. The van der Waals surface area contributed by atoms with Gasteiger partial charge in [0.1, 0.15) is 5.82 Å². The number of nitrogens with one attached hydrogen (secondary N) is 1. The smallest absolute Gasteiger partial charge is 0.262 e. The van der Waals surface area contributed by atoms with Crippen LogP contribution in [0.25, 0.3) is 0 Å². The summed E-state index contributed by atoms with van der Waals surface area (Å²) < 4.78 is 42.2. The normalized spacial score (nSPS) is 17.8. The van der Waals surface area contributed by atoms with Gasteiger partial charge in [-0.25, -0.2) is 17.8 Å². The maximum Gasteiger partial charge on any atom is 0.262 e. The molecule has 0 aliphatic carbocycles. The first-order valence-electron chi connectivity index (χ1n) is 9.80. The summed E-state index contributed by atoms with van der Waals surface area (Å²) >= 11 is 0. The molecule has 1 fully saturated rings. The predicted molar refractivity (Wildman–Crippen MR) is 113 cm³/mol. The second-order valence-electron chi connectivity index (χ2n) is 7.63. The Morgan fingerprint density at radius 3 is 2.63 bits per heavy atom. The Labute approximate surface area is 175 Å². The number of nitrogens with zero attached hydrogens (tertiary/aromatic N) is 4. The Hall–Kier alpha value is -2.78. The molecule has 0 unspecified atom stereocenters. The maximum atomic E-state index is 13.2. The van der Waals surface area contributed by atoms with Crippen LogP contribution in [0.3, 0.4) is 0 Å². The third kappa shape index (κ3) is 4.36. The average molecular weight is 430 g/mol. The standard InChI is InChI=1S/C21H24FN5O2S/c1-15-10-19(25-18-7-5-17(22)6-8-18)11-20(24-15)16-4-3-9-27(12-16)30(28,29)21-13-26(2)14-23-21/h5-8,10-11,13-14,16H,3-4,9,12H2,1-2H3,(H,24,25)/t16-/m1/s1. The highest BCUT2D eigenvalue weighted by Crippen LogP contribution is 2.31. The van der Waals surface area contributed by atoms with Gasteiger partial charge in [0.05, 0.1) is 6.33 Å². The van der Waals surface area contributed by atoms with Crippen LogP contribution in [0.2, 0.25) is 0 Å². The van der Waals surface area contributed by atoms with E-state index in [9.17, 15) is 12.8 Å². The minimum Gasteiger partial charge on any atom is -0.355 e. The first kappa shape index (κ1) is 20.5. The molecular formula is C21H24FN5O2S. The summed E-state index contributed by atoms with van der Waals surface area (Å²) in [7, 11) is -1.89. The summed E-state index contributed by atoms with van der Waals surface area (Å²) in [5.41, 5.74) is 3.30.